The number of hydrogen-bond donors (Lipinski definition) is 0. The maximum absolute atomic E-state index is 2.46. The van der Waals surface area contributed by atoms with Crippen LogP contribution in [0.15, 0.2) is 218 Å². The first kappa shape index (κ1) is 32.0. The predicted molar refractivity (Wildman–Crippen MR) is 237 cm³/mol. The molecular weight excluding hydrogens is 677 g/mol. The number of para-hydroxylation sites is 1. The van der Waals surface area contributed by atoms with Crippen LogP contribution in [0.5, 0.6) is 0 Å². The van der Waals surface area contributed by atoms with Gasteiger partial charge in [0, 0.05) is 32.9 Å². The van der Waals surface area contributed by atoms with Gasteiger partial charge < -0.3 is 9.13 Å². The molecule has 0 bridgehead atoms. The quantitative estimate of drug-likeness (QED) is 0.162. The van der Waals surface area contributed by atoms with Crippen LogP contribution in [0.2, 0.25) is 0 Å². The number of rotatable bonds is 6. The van der Waals surface area contributed by atoms with Crippen molar-refractivity contribution in [2.75, 3.05) is 0 Å². The molecule has 0 saturated carbocycles. The number of hydrogen-bond acceptors (Lipinski definition) is 0. The molecule has 0 unspecified atom stereocenters. The van der Waals surface area contributed by atoms with Crippen molar-refractivity contribution in [3.8, 4) is 55.9 Å². The van der Waals surface area contributed by atoms with Crippen molar-refractivity contribution in [3.63, 3.8) is 0 Å². The van der Waals surface area contributed by atoms with E-state index < -0.39 is 0 Å². The molecule has 0 radical (unpaired) electrons. The second kappa shape index (κ2) is 13.2. The molecule has 0 amide bonds. The first-order valence-electron chi connectivity index (χ1n) is 19.3. The second-order valence-corrected chi connectivity index (χ2v) is 14.5. The monoisotopic (exact) mass is 712 g/mol. The molecule has 2 heteroatoms. The third-order valence-electron chi connectivity index (χ3n) is 11.3. The Morgan fingerprint density at radius 1 is 0.214 bits per heavy atom. The van der Waals surface area contributed by atoms with Crippen LogP contribution >= 0.6 is 0 Å². The van der Waals surface area contributed by atoms with Gasteiger partial charge in [-0.1, -0.05) is 164 Å². The summed E-state index contributed by atoms with van der Waals surface area (Å²) in [6.45, 7) is 0. The van der Waals surface area contributed by atoms with Crippen molar-refractivity contribution in [3.05, 3.63) is 218 Å². The highest BCUT2D eigenvalue weighted by Gasteiger charge is 2.21. The van der Waals surface area contributed by atoms with Crippen LogP contribution in [0.3, 0.4) is 0 Å². The van der Waals surface area contributed by atoms with Crippen molar-refractivity contribution in [1.29, 1.82) is 0 Å². The molecule has 2 aromatic heterocycles. The fourth-order valence-corrected chi connectivity index (χ4v) is 8.68. The summed E-state index contributed by atoms with van der Waals surface area (Å²) in [5.74, 6) is 0. The van der Waals surface area contributed by atoms with Crippen LogP contribution in [0.1, 0.15) is 0 Å². The molecule has 2 heterocycles. The van der Waals surface area contributed by atoms with Crippen LogP contribution in [0.4, 0.5) is 0 Å². The van der Waals surface area contributed by atoms with E-state index in [0.717, 1.165) is 11.4 Å². The Kier molecular flexibility index (Phi) is 7.53. The van der Waals surface area contributed by atoms with Gasteiger partial charge in [-0.25, -0.2) is 0 Å². The Balaban J connectivity index is 1.15. The van der Waals surface area contributed by atoms with Gasteiger partial charge in [-0.05, 0) is 99.1 Å². The molecule has 11 aromatic rings. The molecule has 0 saturated heterocycles. The van der Waals surface area contributed by atoms with Crippen molar-refractivity contribution in [2.24, 2.45) is 0 Å². The van der Waals surface area contributed by atoms with Gasteiger partial charge in [-0.2, -0.15) is 0 Å². The largest absolute Gasteiger partial charge is 0.309 e. The first-order valence-corrected chi connectivity index (χ1v) is 19.3. The lowest BCUT2D eigenvalue weighted by atomic mass is 9.98. The number of nitrogens with zero attached hydrogens (tertiary/aromatic N) is 2. The zero-order chi connectivity index (χ0) is 37.0. The predicted octanol–water partition coefficient (Wildman–Crippen LogP) is 14.5. The Morgan fingerprint density at radius 2 is 0.589 bits per heavy atom. The third-order valence-corrected chi connectivity index (χ3v) is 11.3. The summed E-state index contributed by atoms with van der Waals surface area (Å²) in [7, 11) is 0. The van der Waals surface area contributed by atoms with E-state index in [9.17, 15) is 0 Å². The molecule has 11 rings (SSSR count). The minimum absolute atomic E-state index is 1.14. The summed E-state index contributed by atoms with van der Waals surface area (Å²) in [5, 5.41) is 5.03. The van der Waals surface area contributed by atoms with Gasteiger partial charge in [0.05, 0.1) is 22.1 Å². The van der Waals surface area contributed by atoms with Crippen molar-refractivity contribution < 1.29 is 0 Å². The van der Waals surface area contributed by atoms with Crippen LogP contribution in [-0.2, 0) is 0 Å². The maximum atomic E-state index is 2.46. The SMILES string of the molecule is c1ccc(-c2ccc(-n3c4ccccc4c4c5c6ccc(-c7cccc(-c8ccccc8)c7)cc6n(-c6ccc(-c7ccccc7)cc6)c5ccc43)cc2)cc1. The van der Waals surface area contributed by atoms with E-state index in [1.165, 1.54) is 88.1 Å². The number of benzene rings is 9. The highest BCUT2D eigenvalue weighted by Crippen LogP contribution is 2.43. The van der Waals surface area contributed by atoms with E-state index in [4.69, 9.17) is 0 Å². The van der Waals surface area contributed by atoms with Gasteiger partial charge in [-0.15, -0.1) is 0 Å². The lowest BCUT2D eigenvalue weighted by Crippen LogP contribution is -1.95. The van der Waals surface area contributed by atoms with Crippen molar-refractivity contribution in [1.82, 2.24) is 9.13 Å². The summed E-state index contributed by atoms with van der Waals surface area (Å²) >= 11 is 0. The van der Waals surface area contributed by atoms with Crippen molar-refractivity contribution in [2.45, 2.75) is 0 Å². The van der Waals surface area contributed by atoms with Crippen LogP contribution in [0, 0.1) is 0 Å². The molecule has 0 N–H and O–H groups in total. The zero-order valence-corrected chi connectivity index (χ0v) is 30.7. The molecule has 0 aliphatic rings. The standard InChI is InChI=1S/C54H36N2/c1-4-13-37(14-5-1)40-23-28-45(29-24-40)55-49-22-11-10-21-47(49)53-50(55)33-34-51-54(53)48-32-27-44(43-20-12-19-42(35-43)39-17-8-3-9-18-39)36-52(48)56(51)46-30-25-41(26-31-46)38-15-6-2-7-16-38/h1-36H. The molecule has 9 aromatic carbocycles. The summed E-state index contributed by atoms with van der Waals surface area (Å²) in [6, 6.07) is 79.3. The van der Waals surface area contributed by atoms with Crippen LogP contribution in [-0.4, -0.2) is 9.13 Å². The first-order chi connectivity index (χ1) is 27.8. The molecule has 2 nitrogen and oxygen atoms in total. The van der Waals surface area contributed by atoms with Gasteiger partial charge in [0.25, 0.3) is 0 Å². The maximum Gasteiger partial charge on any atom is 0.0548 e. The van der Waals surface area contributed by atoms with E-state index >= 15 is 0 Å². The number of aromatic nitrogens is 2. The van der Waals surface area contributed by atoms with E-state index in [2.05, 4.69) is 228 Å². The van der Waals surface area contributed by atoms with Crippen molar-refractivity contribution >= 4 is 43.6 Å². The van der Waals surface area contributed by atoms with E-state index in [0.29, 0.717) is 0 Å². The lowest BCUT2D eigenvalue weighted by molar-refractivity contribution is 1.17. The highest BCUT2D eigenvalue weighted by molar-refractivity contribution is 6.29. The van der Waals surface area contributed by atoms with Gasteiger partial charge in [-0.3, -0.25) is 0 Å². The van der Waals surface area contributed by atoms with Gasteiger partial charge >= 0.3 is 0 Å². The fourth-order valence-electron chi connectivity index (χ4n) is 8.68. The second-order valence-electron chi connectivity index (χ2n) is 14.5. The summed E-state index contributed by atoms with van der Waals surface area (Å²) in [5.41, 5.74) is 16.7. The normalized spacial score (nSPS) is 11.6. The Morgan fingerprint density at radius 3 is 1.14 bits per heavy atom. The van der Waals surface area contributed by atoms with Gasteiger partial charge in [0.1, 0.15) is 0 Å². The summed E-state index contributed by atoms with van der Waals surface area (Å²) < 4.78 is 4.89. The lowest BCUT2D eigenvalue weighted by Gasteiger charge is -2.11. The molecule has 0 atom stereocenters. The smallest absolute Gasteiger partial charge is 0.0548 e. The molecular formula is C54H36N2. The van der Waals surface area contributed by atoms with Gasteiger partial charge in [0.15, 0.2) is 0 Å². The average Bonchev–Trinajstić information content (AvgIpc) is 3.80. The van der Waals surface area contributed by atoms with Crippen LogP contribution in [0.25, 0.3) is 99.5 Å². The molecule has 56 heavy (non-hydrogen) atoms. The molecule has 0 spiro atoms. The van der Waals surface area contributed by atoms with E-state index in [1.54, 1.807) is 0 Å². The third kappa shape index (κ3) is 5.26. The Hall–Kier alpha value is -7.42. The summed E-state index contributed by atoms with van der Waals surface area (Å²) in [6.07, 6.45) is 0. The molecule has 0 aliphatic heterocycles. The van der Waals surface area contributed by atoms with E-state index in [-0.39, 0.29) is 0 Å². The molecule has 0 fully saturated rings. The van der Waals surface area contributed by atoms with Crippen LogP contribution < -0.4 is 0 Å². The highest BCUT2D eigenvalue weighted by atomic mass is 15.0. The number of fused-ring (bicyclic) bond motifs is 7. The zero-order valence-electron chi connectivity index (χ0n) is 30.7. The minimum Gasteiger partial charge on any atom is -0.309 e. The topological polar surface area (TPSA) is 9.86 Å². The summed E-state index contributed by atoms with van der Waals surface area (Å²) in [4.78, 5) is 0. The Labute approximate surface area is 325 Å². The average molecular weight is 713 g/mol. The minimum atomic E-state index is 1.14. The Bertz CT molecular complexity index is 3190. The van der Waals surface area contributed by atoms with E-state index in [1.807, 2.05) is 0 Å². The van der Waals surface area contributed by atoms with Gasteiger partial charge in [0.2, 0.25) is 0 Å². The molecule has 0 aliphatic carbocycles. The molecule has 262 valence electrons. The fraction of sp³-hybridized carbons (Fsp3) is 0.